The fourth-order valence-electron chi connectivity index (χ4n) is 6.18. The van der Waals surface area contributed by atoms with Crippen molar-refractivity contribution in [3.05, 3.63) is 76.1 Å². The van der Waals surface area contributed by atoms with Gasteiger partial charge in [0.15, 0.2) is 15.7 Å². The number of alkyl carbamates (subject to hydrolysis) is 1. The number of alkyl halides is 2. The molecule has 0 radical (unpaired) electrons. The first-order valence-electron chi connectivity index (χ1n) is 17.5. The maximum Gasteiger partial charge on any atom is 0.408 e. The zero-order chi connectivity index (χ0) is 43.3. The minimum atomic E-state index is -4.67. The molecule has 1 aliphatic carbocycles. The number of fused-ring (bicyclic) bond motifs is 1. The summed E-state index contributed by atoms with van der Waals surface area (Å²) in [5.41, 5.74) is -1.42. The molecular formula is C37H40ClF4N5O8S3. The van der Waals surface area contributed by atoms with Crippen LogP contribution in [0.1, 0.15) is 70.5 Å². The lowest BCUT2D eigenvalue weighted by Gasteiger charge is -2.25. The standard InChI is InChI=1S/C37H40ClF4N5O8S3/c1-36(2,3)55-35(48)44-29(18-21-16-22(39)19-23(40)17-21)32-26(11-8-24(43-32)14-15-37(4,5)58(53,54)25-9-10-25)27-12-13-28(38)31-33(27)46(20-30(41)42)45-34(31)47(56(6,49)50)57(7,51)52/h8,11-13,16-17,19,25,29-30H,9-10,18,20H2,1-7H3,(H,44,48)/t29-/m0/s1. The number of carbonyl (C=O) groups is 1. The molecular weight excluding hydrogens is 850 g/mol. The van der Waals surface area contributed by atoms with E-state index in [1.54, 1.807) is 20.8 Å². The quantitative estimate of drug-likeness (QED) is 0.122. The zero-order valence-electron chi connectivity index (χ0n) is 32.3. The van der Waals surface area contributed by atoms with Crippen LogP contribution in [-0.4, -0.2) is 80.6 Å². The summed E-state index contributed by atoms with van der Waals surface area (Å²) in [7, 11) is -13.0. The molecule has 58 heavy (non-hydrogen) atoms. The molecule has 1 N–H and O–H groups in total. The van der Waals surface area contributed by atoms with Crippen molar-refractivity contribution < 1.29 is 52.3 Å². The van der Waals surface area contributed by atoms with Gasteiger partial charge in [0.2, 0.25) is 20.0 Å². The molecule has 0 spiro atoms. The Bertz CT molecular complexity index is 2640. The summed E-state index contributed by atoms with van der Waals surface area (Å²) in [4.78, 5) is 18.1. The van der Waals surface area contributed by atoms with Crippen LogP contribution in [-0.2, 0) is 47.6 Å². The molecule has 0 saturated heterocycles. The summed E-state index contributed by atoms with van der Waals surface area (Å²) in [5, 5.41) is 5.50. The monoisotopic (exact) mass is 889 g/mol. The first-order valence-corrected chi connectivity index (χ1v) is 23.1. The van der Waals surface area contributed by atoms with E-state index in [4.69, 9.17) is 16.3 Å². The molecule has 0 aliphatic heterocycles. The number of ether oxygens (including phenoxy) is 1. The normalized spacial score (nSPS) is 14.6. The third-order valence-electron chi connectivity index (χ3n) is 8.67. The first kappa shape index (κ1) is 44.6. The molecule has 2 aromatic carbocycles. The number of sulfonamides is 2. The number of sulfone groups is 1. The highest BCUT2D eigenvalue weighted by molar-refractivity contribution is 8.09. The number of rotatable bonds is 12. The van der Waals surface area contributed by atoms with Crippen LogP contribution in [0.25, 0.3) is 22.0 Å². The van der Waals surface area contributed by atoms with Gasteiger partial charge in [0.1, 0.15) is 34.2 Å². The number of anilines is 1. The highest BCUT2D eigenvalue weighted by Gasteiger charge is 2.45. The molecule has 314 valence electrons. The molecule has 0 bridgehead atoms. The Kier molecular flexibility index (Phi) is 12.3. The van der Waals surface area contributed by atoms with Crippen molar-refractivity contribution >= 4 is 64.3 Å². The molecule has 0 unspecified atom stereocenters. The lowest BCUT2D eigenvalue weighted by atomic mass is 9.93. The largest absolute Gasteiger partial charge is 0.444 e. The molecule has 1 amide bonds. The van der Waals surface area contributed by atoms with E-state index in [2.05, 4.69) is 27.2 Å². The van der Waals surface area contributed by atoms with E-state index >= 15 is 0 Å². The van der Waals surface area contributed by atoms with Crippen LogP contribution in [0.5, 0.6) is 0 Å². The molecule has 4 aromatic rings. The third-order valence-corrected chi connectivity index (χ3v) is 15.0. The Morgan fingerprint density at radius 2 is 1.55 bits per heavy atom. The Morgan fingerprint density at radius 1 is 0.966 bits per heavy atom. The van der Waals surface area contributed by atoms with Crippen molar-refractivity contribution in [2.24, 2.45) is 0 Å². The zero-order valence-corrected chi connectivity index (χ0v) is 35.5. The summed E-state index contributed by atoms with van der Waals surface area (Å²) in [6, 6.07) is 6.65. The molecule has 1 atom stereocenters. The Hall–Kier alpha value is -4.45. The van der Waals surface area contributed by atoms with Crippen molar-refractivity contribution in [2.75, 3.05) is 16.2 Å². The van der Waals surface area contributed by atoms with Gasteiger partial charge in [-0.05, 0) is 95.7 Å². The second-order valence-corrected chi connectivity index (χ2v) is 22.3. The summed E-state index contributed by atoms with van der Waals surface area (Å²) >= 11 is 6.57. The SMILES string of the molecule is CC(C)(C)OC(=O)N[C@@H](Cc1cc(F)cc(F)c1)c1nc(C#CC(C)(C)S(=O)(=O)C2CC2)ccc1-c1ccc(Cl)c2c(N(S(C)(=O)=O)S(C)(=O)=O)nn(CC(F)F)c12. The second kappa shape index (κ2) is 16.0. The fraction of sp³-hybridized carbons (Fsp3) is 0.432. The maximum absolute atomic E-state index is 14.5. The van der Waals surface area contributed by atoms with Gasteiger partial charge < -0.3 is 10.1 Å². The van der Waals surface area contributed by atoms with Gasteiger partial charge in [0.25, 0.3) is 6.43 Å². The topological polar surface area (TPSA) is 175 Å². The van der Waals surface area contributed by atoms with Gasteiger partial charge in [0.05, 0.1) is 45.4 Å². The summed E-state index contributed by atoms with van der Waals surface area (Å²) in [5.74, 6) is 2.85. The van der Waals surface area contributed by atoms with Gasteiger partial charge in [0, 0.05) is 17.2 Å². The van der Waals surface area contributed by atoms with Crippen molar-refractivity contribution in [3.63, 3.8) is 0 Å². The first-order chi connectivity index (χ1) is 26.6. The lowest BCUT2D eigenvalue weighted by molar-refractivity contribution is 0.0502. The number of amides is 1. The molecule has 1 aliphatic rings. The number of halogens is 5. The van der Waals surface area contributed by atoms with Gasteiger partial charge in [-0.25, -0.2) is 52.6 Å². The minimum absolute atomic E-state index is 0.0270. The number of hydrogen-bond donors (Lipinski definition) is 1. The Balaban J connectivity index is 1.87. The van der Waals surface area contributed by atoms with E-state index in [0.29, 0.717) is 36.1 Å². The maximum atomic E-state index is 14.5. The molecule has 1 saturated carbocycles. The summed E-state index contributed by atoms with van der Waals surface area (Å²) in [6.07, 6.45) is -2.33. The van der Waals surface area contributed by atoms with Gasteiger partial charge >= 0.3 is 6.09 Å². The van der Waals surface area contributed by atoms with Crippen LogP contribution in [0.4, 0.5) is 28.2 Å². The predicted molar refractivity (Wildman–Crippen MR) is 211 cm³/mol. The highest BCUT2D eigenvalue weighted by atomic mass is 35.5. The summed E-state index contributed by atoms with van der Waals surface area (Å²) in [6.45, 7) is 6.47. The number of aromatic nitrogens is 3. The van der Waals surface area contributed by atoms with Crippen LogP contribution in [0.3, 0.4) is 0 Å². The fourth-order valence-corrected chi connectivity index (χ4v) is 11.1. The molecule has 5 rings (SSSR count). The van der Waals surface area contributed by atoms with E-state index in [0.717, 1.165) is 12.1 Å². The van der Waals surface area contributed by atoms with Gasteiger partial charge in [-0.3, -0.25) is 4.68 Å². The van der Waals surface area contributed by atoms with Crippen LogP contribution in [0.15, 0.2) is 42.5 Å². The molecule has 2 aromatic heterocycles. The van der Waals surface area contributed by atoms with Crippen molar-refractivity contribution in [1.82, 2.24) is 20.1 Å². The molecule has 21 heteroatoms. The van der Waals surface area contributed by atoms with Gasteiger partial charge in [-0.1, -0.05) is 23.6 Å². The van der Waals surface area contributed by atoms with E-state index < -0.39 is 88.0 Å². The number of hydrogen-bond acceptors (Lipinski definition) is 10. The Morgan fingerprint density at radius 3 is 2.09 bits per heavy atom. The van der Waals surface area contributed by atoms with E-state index in [-0.39, 0.29) is 54.1 Å². The van der Waals surface area contributed by atoms with Crippen LogP contribution in [0, 0.1) is 23.5 Å². The number of benzene rings is 2. The van der Waals surface area contributed by atoms with Gasteiger partial charge in [-0.2, -0.15) is 5.10 Å². The van der Waals surface area contributed by atoms with E-state index in [9.17, 15) is 47.6 Å². The molecule has 13 nitrogen and oxygen atoms in total. The molecule has 2 heterocycles. The minimum Gasteiger partial charge on any atom is -0.444 e. The number of nitrogens with zero attached hydrogens (tertiary/aromatic N) is 4. The van der Waals surface area contributed by atoms with Crippen LogP contribution < -0.4 is 9.03 Å². The average Bonchev–Trinajstić information content (AvgIpc) is 3.85. The summed E-state index contributed by atoms with van der Waals surface area (Å²) < 4.78 is 140. The van der Waals surface area contributed by atoms with E-state index in [1.807, 2.05) is 0 Å². The highest BCUT2D eigenvalue weighted by Crippen LogP contribution is 2.42. The van der Waals surface area contributed by atoms with Crippen LogP contribution >= 0.6 is 11.6 Å². The average molecular weight is 890 g/mol. The smallest absolute Gasteiger partial charge is 0.408 e. The molecule has 1 fully saturated rings. The number of pyridine rings is 1. The predicted octanol–water partition coefficient (Wildman–Crippen LogP) is 6.54. The van der Waals surface area contributed by atoms with Gasteiger partial charge in [-0.15, -0.1) is 3.71 Å². The van der Waals surface area contributed by atoms with Crippen molar-refractivity contribution in [2.45, 2.75) is 88.5 Å². The lowest BCUT2D eigenvalue weighted by Crippen LogP contribution is -2.36. The number of nitrogens with one attached hydrogen (secondary N) is 1. The number of carbonyl (C=O) groups excluding carboxylic acids is 1. The van der Waals surface area contributed by atoms with E-state index in [1.165, 1.54) is 38.1 Å². The second-order valence-electron chi connectivity index (χ2n) is 15.3. The van der Waals surface area contributed by atoms with Crippen LogP contribution in [0.2, 0.25) is 5.02 Å². The van der Waals surface area contributed by atoms with Crippen molar-refractivity contribution in [3.8, 4) is 23.0 Å². The Labute approximate surface area is 339 Å². The third kappa shape index (κ3) is 10.0. The van der Waals surface area contributed by atoms with Crippen molar-refractivity contribution in [1.29, 1.82) is 0 Å².